The van der Waals surface area contributed by atoms with Gasteiger partial charge in [0.2, 0.25) is 0 Å². The molecule has 5 nitrogen and oxygen atoms in total. The molecule has 0 unspecified atom stereocenters. The van der Waals surface area contributed by atoms with Crippen molar-refractivity contribution in [3.05, 3.63) is 29.8 Å². The molecule has 0 aromatic heterocycles. The van der Waals surface area contributed by atoms with Gasteiger partial charge in [0.1, 0.15) is 0 Å². The number of nitrogen functional groups attached to an aromatic ring is 1. The first kappa shape index (κ1) is 12.0. The Balaban J connectivity index is 2.47. The number of rotatable bonds is 4. The molecule has 0 aliphatic carbocycles. The van der Waals surface area contributed by atoms with Gasteiger partial charge in [-0.15, -0.1) is 0 Å². The minimum absolute atomic E-state index is 0.148. The van der Waals surface area contributed by atoms with Gasteiger partial charge in [-0.3, -0.25) is 9.59 Å². The van der Waals surface area contributed by atoms with Gasteiger partial charge in [-0.2, -0.15) is 0 Å². The van der Waals surface area contributed by atoms with E-state index in [4.69, 9.17) is 5.73 Å². The van der Waals surface area contributed by atoms with Crippen LogP contribution in [0.3, 0.4) is 0 Å². The highest BCUT2D eigenvalue weighted by molar-refractivity contribution is 5.99. The summed E-state index contributed by atoms with van der Waals surface area (Å²) in [6, 6.07) is 6.75. The zero-order chi connectivity index (χ0) is 12.0. The van der Waals surface area contributed by atoms with Gasteiger partial charge in [0.05, 0.1) is 19.1 Å². The lowest BCUT2D eigenvalue weighted by molar-refractivity contribution is -0.140. The lowest BCUT2D eigenvalue weighted by atomic mass is 10.1. The topological polar surface area (TPSA) is 81.4 Å². The van der Waals surface area contributed by atoms with Gasteiger partial charge in [-0.25, -0.2) is 0 Å². The van der Waals surface area contributed by atoms with Crippen LogP contribution in [0.25, 0.3) is 0 Å². The molecule has 0 aliphatic rings. The van der Waals surface area contributed by atoms with E-state index in [1.54, 1.807) is 24.3 Å². The largest absolute Gasteiger partial charge is 0.469 e. The van der Waals surface area contributed by atoms with E-state index < -0.39 is 0 Å². The van der Waals surface area contributed by atoms with Gasteiger partial charge in [-0.05, 0) is 12.1 Å². The molecular formula is C11H14N2O3. The summed E-state index contributed by atoms with van der Waals surface area (Å²) in [6.45, 7) is 0.236. The predicted octanol–water partition coefficient (Wildman–Crippen LogP) is 0.562. The van der Waals surface area contributed by atoms with E-state index in [9.17, 15) is 9.59 Å². The van der Waals surface area contributed by atoms with Crippen molar-refractivity contribution in [3.63, 3.8) is 0 Å². The molecule has 0 atom stereocenters. The molecule has 1 amide bonds. The van der Waals surface area contributed by atoms with Crippen LogP contribution in [0.15, 0.2) is 24.3 Å². The van der Waals surface area contributed by atoms with E-state index in [0.717, 1.165) is 0 Å². The Morgan fingerprint density at radius 3 is 2.69 bits per heavy atom. The average Bonchev–Trinajstić information content (AvgIpc) is 2.29. The van der Waals surface area contributed by atoms with E-state index in [0.29, 0.717) is 11.3 Å². The van der Waals surface area contributed by atoms with E-state index in [1.807, 2.05) is 0 Å². The highest BCUT2D eigenvalue weighted by atomic mass is 16.5. The van der Waals surface area contributed by atoms with E-state index >= 15 is 0 Å². The number of hydrogen-bond donors (Lipinski definition) is 2. The van der Waals surface area contributed by atoms with Gasteiger partial charge < -0.3 is 15.8 Å². The standard InChI is InChI=1S/C11H14N2O3/c1-16-10(14)6-7-13-11(15)8-4-2-3-5-9(8)12/h2-5H,6-7,12H2,1H3,(H,13,15). The molecule has 0 saturated heterocycles. The molecule has 1 aromatic rings. The van der Waals surface area contributed by atoms with Crippen LogP contribution in [0.2, 0.25) is 0 Å². The average molecular weight is 222 g/mol. The number of nitrogens with one attached hydrogen (secondary N) is 1. The van der Waals surface area contributed by atoms with E-state index in [-0.39, 0.29) is 24.8 Å². The summed E-state index contributed by atoms with van der Waals surface area (Å²) in [7, 11) is 1.30. The molecule has 0 heterocycles. The van der Waals surface area contributed by atoms with Crippen molar-refractivity contribution in [2.24, 2.45) is 0 Å². The molecule has 86 valence electrons. The number of anilines is 1. The molecule has 0 saturated carbocycles. The third-order valence-corrected chi connectivity index (χ3v) is 2.05. The fraction of sp³-hybridized carbons (Fsp3) is 0.273. The van der Waals surface area contributed by atoms with Crippen LogP contribution in [-0.2, 0) is 9.53 Å². The Hall–Kier alpha value is -2.04. The number of methoxy groups -OCH3 is 1. The Kier molecular flexibility index (Phi) is 4.32. The molecule has 1 aromatic carbocycles. The highest BCUT2D eigenvalue weighted by Gasteiger charge is 2.08. The molecule has 0 aliphatic heterocycles. The SMILES string of the molecule is COC(=O)CCNC(=O)c1ccccc1N. The first-order valence-corrected chi connectivity index (χ1v) is 4.84. The number of ether oxygens (including phenoxy) is 1. The van der Waals surface area contributed by atoms with Gasteiger partial charge in [0.15, 0.2) is 0 Å². The third kappa shape index (κ3) is 3.27. The fourth-order valence-electron chi connectivity index (χ4n) is 1.18. The summed E-state index contributed by atoms with van der Waals surface area (Å²) in [5.74, 6) is -0.650. The van der Waals surface area contributed by atoms with Crippen LogP contribution in [0, 0.1) is 0 Å². The first-order valence-electron chi connectivity index (χ1n) is 4.84. The van der Waals surface area contributed by atoms with E-state index in [2.05, 4.69) is 10.1 Å². The van der Waals surface area contributed by atoms with Crippen LogP contribution in [0.4, 0.5) is 5.69 Å². The summed E-state index contributed by atoms with van der Waals surface area (Å²) >= 11 is 0. The summed E-state index contributed by atoms with van der Waals surface area (Å²) < 4.78 is 4.45. The normalized spacial score (nSPS) is 9.56. The van der Waals surface area contributed by atoms with Crippen molar-refractivity contribution in [1.29, 1.82) is 0 Å². The highest BCUT2D eigenvalue weighted by Crippen LogP contribution is 2.09. The Labute approximate surface area is 93.6 Å². The minimum atomic E-state index is -0.360. The molecule has 0 radical (unpaired) electrons. The molecule has 0 bridgehead atoms. The Bertz CT molecular complexity index is 391. The second kappa shape index (κ2) is 5.75. The zero-order valence-electron chi connectivity index (χ0n) is 9.03. The number of para-hydroxylation sites is 1. The maximum absolute atomic E-state index is 11.6. The summed E-state index contributed by atoms with van der Waals surface area (Å²) in [5.41, 5.74) is 6.45. The van der Waals surface area contributed by atoms with Crippen LogP contribution in [0.5, 0.6) is 0 Å². The van der Waals surface area contributed by atoms with Crippen LogP contribution < -0.4 is 11.1 Å². The molecule has 0 fully saturated rings. The van der Waals surface area contributed by atoms with Gasteiger partial charge in [-0.1, -0.05) is 12.1 Å². The maximum Gasteiger partial charge on any atom is 0.307 e. The first-order chi connectivity index (χ1) is 7.65. The van der Waals surface area contributed by atoms with Gasteiger partial charge >= 0.3 is 5.97 Å². The maximum atomic E-state index is 11.6. The van der Waals surface area contributed by atoms with Crippen molar-refractivity contribution in [2.45, 2.75) is 6.42 Å². The number of carbonyl (C=O) groups is 2. The van der Waals surface area contributed by atoms with Crippen molar-refractivity contribution in [1.82, 2.24) is 5.32 Å². The number of benzene rings is 1. The van der Waals surface area contributed by atoms with Gasteiger partial charge in [0.25, 0.3) is 5.91 Å². The lowest BCUT2D eigenvalue weighted by Crippen LogP contribution is -2.27. The number of nitrogens with two attached hydrogens (primary N) is 1. The van der Waals surface area contributed by atoms with Crippen molar-refractivity contribution in [2.75, 3.05) is 19.4 Å². The lowest BCUT2D eigenvalue weighted by Gasteiger charge is -2.06. The summed E-state index contributed by atoms with van der Waals surface area (Å²) in [5, 5.41) is 2.59. The Morgan fingerprint density at radius 2 is 2.06 bits per heavy atom. The fourth-order valence-corrected chi connectivity index (χ4v) is 1.18. The predicted molar refractivity (Wildman–Crippen MR) is 59.8 cm³/mol. The van der Waals surface area contributed by atoms with Gasteiger partial charge in [0, 0.05) is 12.2 Å². The Morgan fingerprint density at radius 1 is 1.38 bits per heavy atom. The molecule has 16 heavy (non-hydrogen) atoms. The molecule has 5 heteroatoms. The quantitative estimate of drug-likeness (QED) is 0.576. The zero-order valence-corrected chi connectivity index (χ0v) is 9.03. The second-order valence-corrected chi connectivity index (χ2v) is 3.17. The monoisotopic (exact) mass is 222 g/mol. The van der Waals surface area contributed by atoms with E-state index in [1.165, 1.54) is 7.11 Å². The number of esters is 1. The molecular weight excluding hydrogens is 208 g/mol. The molecule has 1 rings (SSSR count). The molecule has 0 spiro atoms. The van der Waals surface area contributed by atoms with Crippen LogP contribution in [-0.4, -0.2) is 25.5 Å². The van der Waals surface area contributed by atoms with Crippen molar-refractivity contribution in [3.8, 4) is 0 Å². The summed E-state index contributed by atoms with van der Waals surface area (Å²) in [4.78, 5) is 22.4. The summed E-state index contributed by atoms with van der Waals surface area (Å²) in [6.07, 6.45) is 0.148. The van der Waals surface area contributed by atoms with Crippen LogP contribution in [0.1, 0.15) is 16.8 Å². The second-order valence-electron chi connectivity index (χ2n) is 3.17. The number of amides is 1. The van der Waals surface area contributed by atoms with Crippen LogP contribution >= 0.6 is 0 Å². The van der Waals surface area contributed by atoms with Crippen molar-refractivity contribution < 1.29 is 14.3 Å². The third-order valence-electron chi connectivity index (χ3n) is 2.05. The minimum Gasteiger partial charge on any atom is -0.469 e. The molecule has 3 N–H and O–H groups in total. The smallest absolute Gasteiger partial charge is 0.307 e. The number of hydrogen-bond acceptors (Lipinski definition) is 4. The number of carbonyl (C=O) groups excluding carboxylic acids is 2. The van der Waals surface area contributed by atoms with Crippen molar-refractivity contribution >= 4 is 17.6 Å².